The van der Waals surface area contributed by atoms with Crippen molar-refractivity contribution in [1.29, 1.82) is 0 Å². The first-order chi connectivity index (χ1) is 7.77. The molecule has 5 heteroatoms. The van der Waals surface area contributed by atoms with Gasteiger partial charge in [-0.1, -0.05) is 0 Å². The fourth-order valence-electron chi connectivity index (χ4n) is 2.81. The molecule has 0 aliphatic carbocycles. The fraction of sp³-hybridized carbons (Fsp3) is 1.00. The minimum absolute atomic E-state index is 0.0551. The molecule has 98 valence electrons. The van der Waals surface area contributed by atoms with Crippen LogP contribution in [0.5, 0.6) is 0 Å². The second kappa shape index (κ2) is 3.42. The average molecular weight is 244 g/mol. The molecule has 3 aliphatic rings. The molecule has 0 aromatic carbocycles. The van der Waals surface area contributed by atoms with E-state index >= 15 is 0 Å². The molecule has 5 nitrogen and oxygen atoms in total. The smallest absolute Gasteiger partial charge is 0.190 e. The molecule has 0 spiro atoms. The third-order valence-corrected chi connectivity index (χ3v) is 3.39. The Morgan fingerprint density at radius 2 is 1.24 bits per heavy atom. The van der Waals surface area contributed by atoms with Crippen molar-refractivity contribution in [2.45, 2.75) is 76.9 Å². The predicted molar refractivity (Wildman–Crippen MR) is 58.2 cm³/mol. The van der Waals surface area contributed by atoms with E-state index in [2.05, 4.69) is 0 Å². The Morgan fingerprint density at radius 3 is 1.94 bits per heavy atom. The quantitative estimate of drug-likeness (QED) is 0.644. The van der Waals surface area contributed by atoms with Gasteiger partial charge in [0.25, 0.3) is 0 Å². The largest absolute Gasteiger partial charge is 0.344 e. The molecule has 0 saturated carbocycles. The minimum atomic E-state index is -0.625. The van der Waals surface area contributed by atoms with Crippen molar-refractivity contribution >= 4 is 0 Å². The summed E-state index contributed by atoms with van der Waals surface area (Å²) in [6, 6.07) is 0. The number of fused-ring (bicyclic) bond motifs is 3. The van der Waals surface area contributed by atoms with Crippen LogP contribution in [0, 0.1) is 0 Å². The minimum Gasteiger partial charge on any atom is -0.344 e. The molecular formula is C12H20O5. The summed E-state index contributed by atoms with van der Waals surface area (Å²) in [6.07, 6.45) is -0.850. The first kappa shape index (κ1) is 11.9. The number of hydrogen-bond acceptors (Lipinski definition) is 5. The van der Waals surface area contributed by atoms with E-state index < -0.39 is 11.6 Å². The summed E-state index contributed by atoms with van der Waals surface area (Å²) >= 11 is 0. The Labute approximate surface area is 101 Å². The highest BCUT2D eigenvalue weighted by atomic mass is 16.9. The molecule has 5 atom stereocenters. The molecule has 3 saturated heterocycles. The van der Waals surface area contributed by atoms with Crippen LogP contribution in [-0.2, 0) is 23.7 Å². The number of rotatable bonds is 0. The number of hydrogen-bond donors (Lipinski definition) is 0. The van der Waals surface area contributed by atoms with Crippen molar-refractivity contribution in [1.82, 2.24) is 0 Å². The number of ether oxygens (including phenoxy) is 5. The van der Waals surface area contributed by atoms with E-state index in [1.165, 1.54) is 0 Å². The maximum atomic E-state index is 5.92. The van der Waals surface area contributed by atoms with Crippen LogP contribution < -0.4 is 0 Å². The van der Waals surface area contributed by atoms with Gasteiger partial charge in [-0.25, -0.2) is 0 Å². The Morgan fingerprint density at radius 1 is 0.706 bits per heavy atom. The molecule has 3 heterocycles. The lowest BCUT2D eigenvalue weighted by Gasteiger charge is -2.35. The SMILES string of the molecule is CC1OC2OC(C)(C)OC2C2OC(C)(C)OC12. The highest BCUT2D eigenvalue weighted by molar-refractivity contribution is 4.98. The first-order valence-electron chi connectivity index (χ1n) is 6.14. The fourth-order valence-corrected chi connectivity index (χ4v) is 2.81. The van der Waals surface area contributed by atoms with Gasteiger partial charge in [0.1, 0.15) is 18.3 Å². The van der Waals surface area contributed by atoms with Crippen LogP contribution in [-0.4, -0.2) is 42.3 Å². The summed E-state index contributed by atoms with van der Waals surface area (Å²) in [7, 11) is 0. The lowest BCUT2D eigenvalue weighted by molar-refractivity contribution is -0.229. The average Bonchev–Trinajstić information content (AvgIpc) is 2.62. The monoisotopic (exact) mass is 244 g/mol. The van der Waals surface area contributed by atoms with E-state index in [1.807, 2.05) is 34.6 Å². The summed E-state index contributed by atoms with van der Waals surface area (Å²) in [5.74, 6) is -1.21. The van der Waals surface area contributed by atoms with Gasteiger partial charge < -0.3 is 23.7 Å². The highest BCUT2D eigenvalue weighted by Crippen LogP contribution is 2.43. The van der Waals surface area contributed by atoms with Gasteiger partial charge in [0, 0.05) is 0 Å². The topological polar surface area (TPSA) is 46.2 Å². The van der Waals surface area contributed by atoms with Gasteiger partial charge >= 0.3 is 0 Å². The summed E-state index contributed by atoms with van der Waals surface area (Å²) in [5.41, 5.74) is 0. The molecule has 0 N–H and O–H groups in total. The van der Waals surface area contributed by atoms with E-state index in [0.29, 0.717) is 0 Å². The van der Waals surface area contributed by atoms with Gasteiger partial charge in [-0.15, -0.1) is 0 Å². The second-order valence-electron chi connectivity index (χ2n) is 5.87. The zero-order valence-electron chi connectivity index (χ0n) is 10.9. The first-order valence-corrected chi connectivity index (χ1v) is 6.14. The second-order valence-corrected chi connectivity index (χ2v) is 5.87. The molecule has 0 aromatic rings. The van der Waals surface area contributed by atoms with Gasteiger partial charge in [0.15, 0.2) is 17.9 Å². The molecule has 0 bridgehead atoms. The van der Waals surface area contributed by atoms with Crippen molar-refractivity contribution < 1.29 is 23.7 Å². The standard InChI is InChI=1S/C12H20O5/c1-6-7-8(15-11(2,3)14-7)9-10(13-6)17-12(4,5)16-9/h6-10H,1-5H3. The van der Waals surface area contributed by atoms with Crippen molar-refractivity contribution in [2.24, 2.45) is 0 Å². The molecule has 3 aliphatic heterocycles. The van der Waals surface area contributed by atoms with E-state index in [4.69, 9.17) is 23.7 Å². The van der Waals surface area contributed by atoms with Crippen LogP contribution >= 0.6 is 0 Å². The molecular weight excluding hydrogens is 224 g/mol. The Hall–Kier alpha value is -0.200. The van der Waals surface area contributed by atoms with Crippen LogP contribution in [0.3, 0.4) is 0 Å². The zero-order chi connectivity index (χ0) is 12.4. The van der Waals surface area contributed by atoms with E-state index in [9.17, 15) is 0 Å². The Kier molecular flexibility index (Phi) is 2.39. The molecule has 0 aromatic heterocycles. The van der Waals surface area contributed by atoms with Crippen molar-refractivity contribution in [3.8, 4) is 0 Å². The van der Waals surface area contributed by atoms with Crippen molar-refractivity contribution in [3.05, 3.63) is 0 Å². The van der Waals surface area contributed by atoms with Gasteiger partial charge in [0.2, 0.25) is 0 Å². The van der Waals surface area contributed by atoms with Crippen LogP contribution in [0.1, 0.15) is 34.6 Å². The van der Waals surface area contributed by atoms with E-state index in [0.717, 1.165) is 0 Å². The maximum absolute atomic E-state index is 5.92. The maximum Gasteiger partial charge on any atom is 0.190 e. The van der Waals surface area contributed by atoms with Crippen LogP contribution in [0.15, 0.2) is 0 Å². The van der Waals surface area contributed by atoms with Gasteiger partial charge in [0.05, 0.1) is 6.10 Å². The third kappa shape index (κ3) is 1.90. The van der Waals surface area contributed by atoms with Crippen LogP contribution in [0.4, 0.5) is 0 Å². The highest BCUT2D eigenvalue weighted by Gasteiger charge is 2.59. The van der Waals surface area contributed by atoms with E-state index in [-0.39, 0.29) is 30.7 Å². The zero-order valence-corrected chi connectivity index (χ0v) is 10.9. The normalized spacial score (nSPS) is 51.0. The predicted octanol–water partition coefficient (Wildman–Crippen LogP) is 1.40. The molecule has 17 heavy (non-hydrogen) atoms. The summed E-state index contributed by atoms with van der Waals surface area (Å²) in [6.45, 7) is 9.57. The van der Waals surface area contributed by atoms with Crippen LogP contribution in [0.25, 0.3) is 0 Å². The summed E-state index contributed by atoms with van der Waals surface area (Å²) < 4.78 is 29.2. The molecule has 3 fully saturated rings. The van der Waals surface area contributed by atoms with Gasteiger partial charge in [-0.05, 0) is 34.6 Å². The third-order valence-electron chi connectivity index (χ3n) is 3.39. The summed E-state index contributed by atoms with van der Waals surface area (Å²) in [4.78, 5) is 0. The Balaban J connectivity index is 1.86. The Bertz CT molecular complexity index is 327. The van der Waals surface area contributed by atoms with Crippen LogP contribution in [0.2, 0.25) is 0 Å². The lowest BCUT2D eigenvalue weighted by Crippen LogP contribution is -2.53. The molecule has 0 amide bonds. The molecule has 0 radical (unpaired) electrons. The summed E-state index contributed by atoms with van der Waals surface area (Å²) in [5, 5.41) is 0. The van der Waals surface area contributed by atoms with Crippen molar-refractivity contribution in [3.63, 3.8) is 0 Å². The van der Waals surface area contributed by atoms with Gasteiger partial charge in [-0.2, -0.15) is 0 Å². The molecule has 5 unspecified atom stereocenters. The molecule has 3 rings (SSSR count). The van der Waals surface area contributed by atoms with Crippen molar-refractivity contribution in [2.75, 3.05) is 0 Å². The van der Waals surface area contributed by atoms with E-state index in [1.54, 1.807) is 0 Å². The lowest BCUT2D eigenvalue weighted by atomic mass is 10.0. The van der Waals surface area contributed by atoms with Gasteiger partial charge in [-0.3, -0.25) is 0 Å².